The third-order valence-corrected chi connectivity index (χ3v) is 5.89. The van der Waals surface area contributed by atoms with Gasteiger partial charge in [-0.3, -0.25) is 10.1 Å². The van der Waals surface area contributed by atoms with E-state index in [1.54, 1.807) is 36.8 Å². The number of nitrogens with one attached hydrogen (secondary N) is 2. The van der Waals surface area contributed by atoms with Gasteiger partial charge in [0.05, 0.1) is 5.39 Å². The summed E-state index contributed by atoms with van der Waals surface area (Å²) in [5.41, 5.74) is 5.12. The molecule has 36 heavy (non-hydrogen) atoms. The molecule has 5 aromatic heterocycles. The average Bonchev–Trinajstić information content (AvgIpc) is 3.49. The number of fused-ring (bicyclic) bond motifs is 2. The fourth-order valence-electron chi connectivity index (χ4n) is 4.30. The summed E-state index contributed by atoms with van der Waals surface area (Å²) in [5, 5.41) is 7.32. The number of aromatic amines is 2. The van der Waals surface area contributed by atoms with Crippen molar-refractivity contribution >= 4 is 22.2 Å². The Morgan fingerprint density at radius 3 is 2.53 bits per heavy atom. The number of pyridine rings is 3. The van der Waals surface area contributed by atoms with Gasteiger partial charge in [0, 0.05) is 48.0 Å². The monoisotopic (exact) mass is 482 g/mol. The fourth-order valence-corrected chi connectivity index (χ4v) is 4.30. The van der Waals surface area contributed by atoms with Gasteiger partial charge in [-0.25, -0.2) is 23.7 Å². The number of hydrogen-bond acceptors (Lipinski definition) is 6. The van der Waals surface area contributed by atoms with E-state index in [-0.39, 0.29) is 16.9 Å². The highest BCUT2D eigenvalue weighted by Gasteiger charge is 2.21. The van der Waals surface area contributed by atoms with Crippen LogP contribution in [0.2, 0.25) is 0 Å². The van der Waals surface area contributed by atoms with E-state index in [1.165, 1.54) is 18.3 Å². The van der Waals surface area contributed by atoms with Crippen LogP contribution in [0.4, 0.5) is 8.78 Å². The first-order valence-electron chi connectivity index (χ1n) is 11.2. The molecule has 5 heterocycles. The van der Waals surface area contributed by atoms with Gasteiger partial charge < -0.3 is 9.88 Å². The predicted octanol–water partition coefficient (Wildman–Crippen LogP) is 4.97. The molecule has 8 nitrogen and oxygen atoms in total. The Bertz CT molecular complexity index is 1720. The normalized spacial score (nSPS) is 11.7. The molecule has 178 valence electrons. The molecule has 0 aliphatic heterocycles. The fraction of sp³-hybridized carbons (Fsp3) is 0.115. The second-order valence-corrected chi connectivity index (χ2v) is 8.75. The van der Waals surface area contributed by atoms with Gasteiger partial charge >= 0.3 is 0 Å². The Kier molecular flexibility index (Phi) is 5.23. The van der Waals surface area contributed by atoms with Crippen molar-refractivity contribution in [2.24, 2.45) is 0 Å². The number of hydrogen-bond donors (Lipinski definition) is 2. The molecule has 0 radical (unpaired) electrons. The molecule has 0 atom stereocenters. The Hall–Kier alpha value is -4.57. The van der Waals surface area contributed by atoms with Gasteiger partial charge in [-0.1, -0.05) is 12.1 Å². The van der Waals surface area contributed by atoms with Crippen molar-refractivity contribution in [2.45, 2.75) is 6.54 Å². The van der Waals surface area contributed by atoms with Crippen molar-refractivity contribution < 1.29 is 8.78 Å². The van der Waals surface area contributed by atoms with E-state index in [0.717, 1.165) is 16.7 Å². The molecule has 0 unspecified atom stereocenters. The second kappa shape index (κ2) is 8.58. The molecule has 0 saturated carbocycles. The largest absolute Gasteiger partial charge is 0.321 e. The Balaban J connectivity index is 1.48. The minimum absolute atomic E-state index is 0.216. The summed E-state index contributed by atoms with van der Waals surface area (Å²) in [5.74, 6) is -0.452. The first-order valence-corrected chi connectivity index (χ1v) is 11.2. The molecule has 6 aromatic rings. The number of nitrogens with zero attached hydrogens (tertiary/aromatic N) is 6. The maximum absolute atomic E-state index is 15.9. The zero-order valence-corrected chi connectivity index (χ0v) is 19.4. The van der Waals surface area contributed by atoms with Crippen LogP contribution in [0.3, 0.4) is 0 Å². The van der Waals surface area contributed by atoms with Crippen molar-refractivity contribution in [3.63, 3.8) is 0 Å². The van der Waals surface area contributed by atoms with Crippen LogP contribution in [-0.2, 0) is 6.54 Å². The van der Waals surface area contributed by atoms with Gasteiger partial charge in [-0.05, 0) is 49.5 Å². The maximum atomic E-state index is 15.9. The molecule has 0 aliphatic rings. The SMILES string of the molecule is CN(C)Cc1cncc(-c2cnc3[nH]nc(-c4nc5c(-c6ccc(F)cc6)ccnc5[nH]4)c3c2F)c1. The lowest BCUT2D eigenvalue weighted by Gasteiger charge is -2.11. The highest BCUT2D eigenvalue weighted by molar-refractivity contribution is 5.96. The van der Waals surface area contributed by atoms with E-state index >= 15 is 4.39 Å². The van der Waals surface area contributed by atoms with Crippen LogP contribution in [0.25, 0.3) is 56.0 Å². The highest BCUT2D eigenvalue weighted by Crippen LogP contribution is 2.34. The van der Waals surface area contributed by atoms with Crippen LogP contribution >= 0.6 is 0 Å². The van der Waals surface area contributed by atoms with Gasteiger partial charge in [0.1, 0.15) is 22.8 Å². The summed E-state index contributed by atoms with van der Waals surface area (Å²) < 4.78 is 29.4. The predicted molar refractivity (Wildman–Crippen MR) is 133 cm³/mol. The van der Waals surface area contributed by atoms with Crippen molar-refractivity contribution in [3.05, 3.63) is 78.4 Å². The van der Waals surface area contributed by atoms with Gasteiger partial charge in [-0.2, -0.15) is 5.10 Å². The molecular formula is C26H20F2N8. The minimum atomic E-state index is -0.472. The molecule has 6 rings (SSSR count). The smallest absolute Gasteiger partial charge is 0.161 e. The molecule has 0 fully saturated rings. The molecule has 0 aliphatic carbocycles. The van der Waals surface area contributed by atoms with Gasteiger partial charge in [-0.15, -0.1) is 0 Å². The zero-order valence-electron chi connectivity index (χ0n) is 19.4. The van der Waals surface area contributed by atoms with E-state index < -0.39 is 5.82 Å². The van der Waals surface area contributed by atoms with Crippen LogP contribution in [0.15, 0.2) is 61.2 Å². The first kappa shape index (κ1) is 21.9. The minimum Gasteiger partial charge on any atom is -0.321 e. The van der Waals surface area contributed by atoms with Crippen LogP contribution in [0.1, 0.15) is 5.56 Å². The quantitative estimate of drug-likeness (QED) is 0.360. The van der Waals surface area contributed by atoms with Gasteiger partial charge in [0.2, 0.25) is 0 Å². The summed E-state index contributed by atoms with van der Waals surface area (Å²) in [6.07, 6.45) is 6.49. The molecule has 2 N–H and O–H groups in total. The van der Waals surface area contributed by atoms with Gasteiger partial charge in [0.15, 0.2) is 17.1 Å². The number of halogens is 2. The summed E-state index contributed by atoms with van der Waals surface area (Å²) in [6.45, 7) is 0.678. The summed E-state index contributed by atoms with van der Waals surface area (Å²) >= 11 is 0. The first-order chi connectivity index (χ1) is 17.5. The number of benzene rings is 1. The third kappa shape index (κ3) is 3.77. The van der Waals surface area contributed by atoms with E-state index in [0.29, 0.717) is 40.3 Å². The van der Waals surface area contributed by atoms with Crippen LogP contribution in [-0.4, -0.2) is 54.1 Å². The molecule has 0 amide bonds. The molecule has 0 saturated heterocycles. The number of aromatic nitrogens is 7. The van der Waals surface area contributed by atoms with Crippen LogP contribution < -0.4 is 0 Å². The Morgan fingerprint density at radius 2 is 1.72 bits per heavy atom. The summed E-state index contributed by atoms with van der Waals surface area (Å²) in [4.78, 5) is 22.9. The maximum Gasteiger partial charge on any atom is 0.161 e. The summed E-state index contributed by atoms with van der Waals surface area (Å²) in [6, 6.07) is 9.84. The third-order valence-electron chi connectivity index (χ3n) is 5.89. The second-order valence-electron chi connectivity index (χ2n) is 8.75. The molecule has 0 bridgehead atoms. The highest BCUT2D eigenvalue weighted by atomic mass is 19.1. The lowest BCUT2D eigenvalue weighted by atomic mass is 10.1. The van der Waals surface area contributed by atoms with Gasteiger partial charge in [0.25, 0.3) is 0 Å². The molecule has 0 spiro atoms. The van der Waals surface area contributed by atoms with Crippen LogP contribution in [0.5, 0.6) is 0 Å². The standard InChI is InChI=1S/C26H20F2N8/c1-36(2)13-14-9-16(11-29-10-14)19-12-31-24-20(21(19)28)23(34-35-24)26-32-22-18(7-8-30-25(22)33-26)15-3-5-17(27)6-4-15/h3-12H,13H2,1-2H3,(H,30,32,33)(H,31,34,35). The topological polar surface area (TPSA) is 99.3 Å². The van der Waals surface area contributed by atoms with E-state index in [9.17, 15) is 4.39 Å². The lowest BCUT2D eigenvalue weighted by Crippen LogP contribution is -2.10. The number of rotatable bonds is 5. The van der Waals surface area contributed by atoms with E-state index in [2.05, 4.69) is 35.1 Å². The van der Waals surface area contributed by atoms with Crippen molar-refractivity contribution in [3.8, 4) is 33.8 Å². The zero-order chi connectivity index (χ0) is 24.8. The van der Waals surface area contributed by atoms with Crippen LogP contribution in [0, 0.1) is 11.6 Å². The van der Waals surface area contributed by atoms with Crippen molar-refractivity contribution in [1.82, 2.24) is 40.0 Å². The van der Waals surface area contributed by atoms with E-state index in [4.69, 9.17) is 0 Å². The molecule has 10 heteroatoms. The lowest BCUT2D eigenvalue weighted by molar-refractivity contribution is 0.402. The molecular weight excluding hydrogens is 462 g/mol. The Morgan fingerprint density at radius 1 is 0.889 bits per heavy atom. The number of imidazole rings is 1. The molecule has 1 aromatic carbocycles. The van der Waals surface area contributed by atoms with Crippen molar-refractivity contribution in [2.75, 3.05) is 14.1 Å². The number of H-pyrrole nitrogens is 2. The summed E-state index contributed by atoms with van der Waals surface area (Å²) in [7, 11) is 3.92. The van der Waals surface area contributed by atoms with E-state index in [1.807, 2.05) is 25.1 Å². The van der Waals surface area contributed by atoms with Crippen molar-refractivity contribution in [1.29, 1.82) is 0 Å². The average molecular weight is 482 g/mol. The Labute approximate surface area is 204 Å².